The zero-order chi connectivity index (χ0) is 15.0. The van der Waals surface area contributed by atoms with Crippen LogP contribution in [0.15, 0.2) is 16.6 Å². The molecular weight excluding hydrogens is 328 g/mol. The summed E-state index contributed by atoms with van der Waals surface area (Å²) in [5.74, 6) is 1.34. The number of carbonyl (C=O) groups excluding carboxylic acids is 1. The fourth-order valence-electron chi connectivity index (χ4n) is 3.87. The second-order valence-corrected chi connectivity index (χ2v) is 7.47. The minimum absolute atomic E-state index is 0.0862. The summed E-state index contributed by atoms with van der Waals surface area (Å²) < 4.78 is 7.39. The molecule has 0 amide bonds. The second-order valence-electron chi connectivity index (χ2n) is 6.68. The van der Waals surface area contributed by atoms with E-state index < -0.39 is 0 Å². The highest BCUT2D eigenvalue weighted by atomic mass is 79.9. The maximum Gasteiger partial charge on any atom is 0.146 e. The molecule has 1 aromatic rings. The lowest BCUT2D eigenvalue weighted by Gasteiger charge is -2.47. The molecule has 0 aromatic heterocycles. The van der Waals surface area contributed by atoms with E-state index in [4.69, 9.17) is 4.74 Å². The van der Waals surface area contributed by atoms with Crippen LogP contribution in [0.5, 0.6) is 5.75 Å². The first kappa shape index (κ1) is 15.1. The summed E-state index contributed by atoms with van der Waals surface area (Å²) in [5, 5.41) is 0. The molecule has 3 rings (SSSR count). The number of carbonyl (C=O) groups is 1. The molecule has 0 N–H and O–H groups in total. The Labute approximate surface area is 135 Å². The summed E-state index contributed by atoms with van der Waals surface area (Å²) in [6, 6.07) is 4.15. The number of ketones is 1. The van der Waals surface area contributed by atoms with Gasteiger partial charge in [-0.2, -0.15) is 0 Å². The third-order valence-corrected chi connectivity index (χ3v) is 6.48. The van der Waals surface area contributed by atoms with Crippen LogP contribution >= 0.6 is 15.9 Å². The van der Waals surface area contributed by atoms with Crippen molar-refractivity contribution in [3.05, 3.63) is 27.7 Å². The SMILES string of the molecule is Cc1cc(OC2CC(=O)C23CCCCCC3)cc(C)c1Br. The van der Waals surface area contributed by atoms with Crippen molar-refractivity contribution in [1.29, 1.82) is 0 Å². The smallest absolute Gasteiger partial charge is 0.146 e. The van der Waals surface area contributed by atoms with Crippen molar-refractivity contribution in [3.8, 4) is 5.75 Å². The Balaban J connectivity index is 1.80. The van der Waals surface area contributed by atoms with E-state index in [9.17, 15) is 4.79 Å². The van der Waals surface area contributed by atoms with Gasteiger partial charge >= 0.3 is 0 Å². The summed E-state index contributed by atoms with van der Waals surface area (Å²) in [5.41, 5.74) is 2.20. The van der Waals surface area contributed by atoms with E-state index in [1.165, 1.54) is 36.8 Å². The van der Waals surface area contributed by atoms with Crippen LogP contribution in [-0.2, 0) is 4.79 Å². The summed E-state index contributed by atoms with van der Waals surface area (Å²) >= 11 is 3.59. The Morgan fingerprint density at radius 3 is 2.19 bits per heavy atom. The average Bonchev–Trinajstić information content (AvgIpc) is 2.72. The molecule has 2 fully saturated rings. The monoisotopic (exact) mass is 350 g/mol. The standard InChI is InChI=1S/C18H23BrO2/c1-12-9-14(10-13(2)17(12)19)21-16-11-15(20)18(16)7-5-3-4-6-8-18/h9-10,16H,3-8,11H2,1-2H3. The summed E-state index contributed by atoms with van der Waals surface area (Å²) in [6.45, 7) is 4.16. The fourth-order valence-corrected chi connectivity index (χ4v) is 4.10. The van der Waals surface area contributed by atoms with Crippen molar-refractivity contribution >= 4 is 21.7 Å². The Hall–Kier alpha value is -0.830. The number of hydrogen-bond donors (Lipinski definition) is 0. The molecule has 1 unspecified atom stereocenters. The maximum atomic E-state index is 12.3. The zero-order valence-electron chi connectivity index (χ0n) is 12.9. The van der Waals surface area contributed by atoms with Crippen LogP contribution in [0.4, 0.5) is 0 Å². The van der Waals surface area contributed by atoms with Crippen molar-refractivity contribution in [2.45, 2.75) is 64.9 Å². The molecule has 2 aliphatic carbocycles. The van der Waals surface area contributed by atoms with E-state index in [2.05, 4.69) is 41.9 Å². The molecule has 1 aromatic carbocycles. The minimum Gasteiger partial charge on any atom is -0.489 e. The molecule has 21 heavy (non-hydrogen) atoms. The molecule has 2 aliphatic rings. The van der Waals surface area contributed by atoms with E-state index in [-0.39, 0.29) is 11.5 Å². The van der Waals surface area contributed by atoms with Gasteiger partial charge in [0.05, 0.1) is 5.41 Å². The minimum atomic E-state index is -0.175. The van der Waals surface area contributed by atoms with E-state index in [1.807, 2.05) is 0 Å². The van der Waals surface area contributed by atoms with Gasteiger partial charge in [0.1, 0.15) is 17.6 Å². The third-order valence-electron chi connectivity index (χ3n) is 5.23. The van der Waals surface area contributed by atoms with Gasteiger partial charge in [0.15, 0.2) is 0 Å². The van der Waals surface area contributed by atoms with Crippen LogP contribution in [0.25, 0.3) is 0 Å². The Morgan fingerprint density at radius 2 is 1.67 bits per heavy atom. The highest BCUT2D eigenvalue weighted by molar-refractivity contribution is 9.10. The van der Waals surface area contributed by atoms with Crippen LogP contribution in [0.2, 0.25) is 0 Å². The van der Waals surface area contributed by atoms with Crippen molar-refractivity contribution < 1.29 is 9.53 Å². The van der Waals surface area contributed by atoms with Gasteiger partial charge in [-0.1, -0.05) is 41.6 Å². The predicted molar refractivity (Wildman–Crippen MR) is 87.8 cm³/mol. The highest BCUT2D eigenvalue weighted by Crippen LogP contribution is 2.49. The van der Waals surface area contributed by atoms with Crippen molar-refractivity contribution in [2.24, 2.45) is 5.41 Å². The first-order valence-corrected chi connectivity index (χ1v) is 8.79. The maximum absolute atomic E-state index is 12.3. The van der Waals surface area contributed by atoms with Gasteiger partial charge < -0.3 is 4.74 Å². The van der Waals surface area contributed by atoms with Gasteiger partial charge in [-0.25, -0.2) is 0 Å². The lowest BCUT2D eigenvalue weighted by Crippen LogP contribution is -2.56. The van der Waals surface area contributed by atoms with Crippen molar-refractivity contribution in [1.82, 2.24) is 0 Å². The molecule has 0 heterocycles. The third kappa shape index (κ3) is 2.65. The fraction of sp³-hybridized carbons (Fsp3) is 0.611. The lowest BCUT2D eigenvalue weighted by molar-refractivity contribution is -0.154. The van der Waals surface area contributed by atoms with Crippen LogP contribution in [-0.4, -0.2) is 11.9 Å². The van der Waals surface area contributed by atoms with E-state index in [0.717, 1.165) is 23.1 Å². The van der Waals surface area contributed by atoms with Crippen LogP contribution < -0.4 is 4.74 Å². The number of rotatable bonds is 2. The number of halogens is 1. The van der Waals surface area contributed by atoms with Crippen LogP contribution in [0.1, 0.15) is 56.1 Å². The van der Waals surface area contributed by atoms with E-state index in [0.29, 0.717) is 12.2 Å². The van der Waals surface area contributed by atoms with Gasteiger partial charge in [-0.3, -0.25) is 4.79 Å². The van der Waals surface area contributed by atoms with Crippen molar-refractivity contribution in [2.75, 3.05) is 0 Å². The quantitative estimate of drug-likeness (QED) is 0.739. The number of hydrogen-bond acceptors (Lipinski definition) is 2. The molecule has 114 valence electrons. The van der Waals surface area contributed by atoms with Gasteiger partial charge in [0, 0.05) is 10.9 Å². The summed E-state index contributed by atoms with van der Waals surface area (Å²) in [4.78, 5) is 12.3. The Morgan fingerprint density at radius 1 is 1.10 bits per heavy atom. The van der Waals surface area contributed by atoms with Gasteiger partial charge in [0.25, 0.3) is 0 Å². The van der Waals surface area contributed by atoms with Gasteiger partial charge in [-0.05, 0) is 49.9 Å². The molecule has 0 bridgehead atoms. The molecular formula is C18H23BrO2. The molecule has 0 radical (unpaired) electrons. The lowest BCUT2D eigenvalue weighted by atomic mass is 9.60. The summed E-state index contributed by atoms with van der Waals surface area (Å²) in [7, 11) is 0. The first-order chi connectivity index (χ1) is 10.0. The number of ether oxygens (including phenoxy) is 1. The number of aryl methyl sites for hydroxylation is 2. The second kappa shape index (κ2) is 5.75. The molecule has 2 saturated carbocycles. The number of Topliss-reactive ketones (excluding diaryl/α,β-unsaturated/α-hetero) is 1. The van der Waals surface area contributed by atoms with E-state index >= 15 is 0 Å². The summed E-state index contributed by atoms with van der Waals surface area (Å²) in [6.07, 6.45) is 7.58. The highest BCUT2D eigenvalue weighted by Gasteiger charge is 2.55. The van der Waals surface area contributed by atoms with E-state index in [1.54, 1.807) is 0 Å². The average molecular weight is 351 g/mol. The number of benzene rings is 1. The molecule has 3 heteroatoms. The van der Waals surface area contributed by atoms with Gasteiger partial charge in [0.2, 0.25) is 0 Å². The largest absolute Gasteiger partial charge is 0.489 e. The molecule has 2 nitrogen and oxygen atoms in total. The zero-order valence-corrected chi connectivity index (χ0v) is 14.5. The van der Waals surface area contributed by atoms with Crippen LogP contribution in [0, 0.1) is 19.3 Å². The molecule has 0 saturated heterocycles. The molecule has 1 atom stereocenters. The van der Waals surface area contributed by atoms with Crippen LogP contribution in [0.3, 0.4) is 0 Å². The predicted octanol–water partition coefficient (Wildman–Crippen LogP) is 5.13. The first-order valence-electron chi connectivity index (χ1n) is 8.00. The molecule has 0 aliphatic heterocycles. The normalized spacial score (nSPS) is 24.5. The Kier molecular flexibility index (Phi) is 4.13. The topological polar surface area (TPSA) is 26.3 Å². The Bertz CT molecular complexity index is 533. The van der Waals surface area contributed by atoms with Crippen molar-refractivity contribution in [3.63, 3.8) is 0 Å². The molecule has 1 spiro atoms. The van der Waals surface area contributed by atoms with Gasteiger partial charge in [-0.15, -0.1) is 0 Å².